The van der Waals surface area contributed by atoms with Crippen LogP contribution in [0.3, 0.4) is 0 Å². The summed E-state index contributed by atoms with van der Waals surface area (Å²) < 4.78 is 0. The fourth-order valence-electron chi connectivity index (χ4n) is 1.50. The number of rotatable bonds is 4. The SMILES string of the molecule is CCCN1CC(=O)N(CCO)CC1=O. The molecule has 0 aliphatic carbocycles. The molecule has 0 aromatic carbocycles. The predicted molar refractivity (Wildman–Crippen MR) is 50.5 cm³/mol. The maximum absolute atomic E-state index is 11.5. The molecular weight excluding hydrogens is 184 g/mol. The number of aliphatic hydroxyl groups is 1. The van der Waals surface area contributed by atoms with Gasteiger partial charge in [0.05, 0.1) is 19.7 Å². The average Bonchev–Trinajstić information content (AvgIpc) is 2.14. The Kier molecular flexibility index (Phi) is 3.88. The molecule has 1 aliphatic rings. The second-order valence-corrected chi connectivity index (χ2v) is 3.35. The van der Waals surface area contributed by atoms with Gasteiger partial charge in [-0.3, -0.25) is 9.59 Å². The van der Waals surface area contributed by atoms with E-state index in [1.54, 1.807) is 4.90 Å². The van der Waals surface area contributed by atoms with E-state index in [0.717, 1.165) is 6.42 Å². The lowest BCUT2D eigenvalue weighted by atomic mass is 10.2. The molecule has 0 aromatic rings. The number of β-amino-alcohol motifs (C(OH)–C–C–N with tert-alkyl or cyclic N) is 1. The molecule has 0 atom stereocenters. The predicted octanol–water partition coefficient (Wildman–Crippen LogP) is -0.940. The van der Waals surface area contributed by atoms with Crippen molar-refractivity contribution >= 4 is 11.8 Å². The van der Waals surface area contributed by atoms with E-state index in [1.165, 1.54) is 4.90 Å². The van der Waals surface area contributed by atoms with E-state index in [2.05, 4.69) is 0 Å². The monoisotopic (exact) mass is 200 g/mol. The van der Waals surface area contributed by atoms with Crippen LogP contribution < -0.4 is 0 Å². The summed E-state index contributed by atoms with van der Waals surface area (Å²) >= 11 is 0. The minimum absolute atomic E-state index is 0.0279. The fourth-order valence-corrected chi connectivity index (χ4v) is 1.50. The van der Waals surface area contributed by atoms with Crippen LogP contribution in [0.2, 0.25) is 0 Å². The zero-order valence-corrected chi connectivity index (χ0v) is 8.40. The number of carbonyl (C=O) groups excluding carboxylic acids is 2. The molecule has 1 heterocycles. The lowest BCUT2D eigenvalue weighted by molar-refractivity contribution is -0.150. The van der Waals surface area contributed by atoms with Crippen LogP contribution >= 0.6 is 0 Å². The molecule has 0 spiro atoms. The standard InChI is InChI=1S/C9H16N2O3/c1-2-3-10-6-9(14)11(4-5-12)7-8(10)13/h12H,2-7H2,1H3. The molecule has 14 heavy (non-hydrogen) atoms. The quantitative estimate of drug-likeness (QED) is 0.637. The molecule has 1 rings (SSSR count). The van der Waals surface area contributed by atoms with Gasteiger partial charge in [0.25, 0.3) is 0 Å². The summed E-state index contributed by atoms with van der Waals surface area (Å²) in [7, 11) is 0. The smallest absolute Gasteiger partial charge is 0.242 e. The van der Waals surface area contributed by atoms with Crippen molar-refractivity contribution in [3.63, 3.8) is 0 Å². The lowest BCUT2D eigenvalue weighted by Crippen LogP contribution is -2.54. The van der Waals surface area contributed by atoms with Gasteiger partial charge in [-0.05, 0) is 6.42 Å². The van der Waals surface area contributed by atoms with Gasteiger partial charge in [-0.1, -0.05) is 6.92 Å². The molecule has 5 heteroatoms. The number of piperazine rings is 1. The van der Waals surface area contributed by atoms with Gasteiger partial charge < -0.3 is 14.9 Å². The highest BCUT2D eigenvalue weighted by Crippen LogP contribution is 2.04. The third-order valence-corrected chi connectivity index (χ3v) is 2.22. The molecule has 0 radical (unpaired) electrons. The van der Waals surface area contributed by atoms with E-state index in [-0.39, 0.29) is 38.1 Å². The summed E-state index contributed by atoms with van der Waals surface area (Å²) in [5.41, 5.74) is 0. The molecule has 1 fully saturated rings. The summed E-state index contributed by atoms with van der Waals surface area (Å²) in [5.74, 6) is -0.105. The number of hydrogen-bond donors (Lipinski definition) is 1. The van der Waals surface area contributed by atoms with Crippen molar-refractivity contribution in [2.75, 3.05) is 32.8 Å². The molecule has 1 aliphatic heterocycles. The Hall–Kier alpha value is -1.10. The largest absolute Gasteiger partial charge is 0.395 e. The Labute approximate surface area is 83.3 Å². The molecule has 1 saturated heterocycles. The molecule has 2 amide bonds. The third-order valence-electron chi connectivity index (χ3n) is 2.22. The van der Waals surface area contributed by atoms with Crippen molar-refractivity contribution in [1.82, 2.24) is 9.80 Å². The first-order valence-corrected chi connectivity index (χ1v) is 4.85. The van der Waals surface area contributed by atoms with Gasteiger partial charge in [0.2, 0.25) is 11.8 Å². The lowest BCUT2D eigenvalue weighted by Gasteiger charge is -2.33. The average molecular weight is 200 g/mol. The van der Waals surface area contributed by atoms with Crippen LogP contribution in [0.1, 0.15) is 13.3 Å². The fraction of sp³-hybridized carbons (Fsp3) is 0.778. The Bertz CT molecular complexity index is 206. The first-order valence-electron chi connectivity index (χ1n) is 4.85. The van der Waals surface area contributed by atoms with E-state index >= 15 is 0 Å². The minimum atomic E-state index is -0.0905. The molecular formula is C9H16N2O3. The van der Waals surface area contributed by atoms with Crippen LogP contribution in [0.15, 0.2) is 0 Å². The van der Waals surface area contributed by atoms with Crippen LogP contribution in [-0.2, 0) is 9.59 Å². The van der Waals surface area contributed by atoms with Crippen LogP contribution in [0.25, 0.3) is 0 Å². The maximum atomic E-state index is 11.5. The highest BCUT2D eigenvalue weighted by Gasteiger charge is 2.28. The van der Waals surface area contributed by atoms with Crippen molar-refractivity contribution in [3.05, 3.63) is 0 Å². The summed E-state index contributed by atoms with van der Waals surface area (Å²) in [6, 6.07) is 0. The van der Waals surface area contributed by atoms with Gasteiger partial charge in [0.1, 0.15) is 0 Å². The van der Waals surface area contributed by atoms with E-state index in [0.29, 0.717) is 6.54 Å². The van der Waals surface area contributed by atoms with Crippen molar-refractivity contribution in [2.45, 2.75) is 13.3 Å². The Balaban J connectivity index is 2.53. The van der Waals surface area contributed by atoms with Crippen LogP contribution in [-0.4, -0.2) is 59.5 Å². The third kappa shape index (κ3) is 2.45. The second kappa shape index (κ2) is 4.95. The van der Waals surface area contributed by atoms with Crippen LogP contribution in [0.5, 0.6) is 0 Å². The minimum Gasteiger partial charge on any atom is -0.395 e. The maximum Gasteiger partial charge on any atom is 0.242 e. The van der Waals surface area contributed by atoms with Crippen molar-refractivity contribution in [1.29, 1.82) is 0 Å². The van der Waals surface area contributed by atoms with E-state index in [1.807, 2.05) is 6.92 Å². The van der Waals surface area contributed by atoms with Crippen LogP contribution in [0.4, 0.5) is 0 Å². The molecule has 0 unspecified atom stereocenters. The number of aliphatic hydroxyl groups excluding tert-OH is 1. The summed E-state index contributed by atoms with van der Waals surface area (Å²) in [6.07, 6.45) is 0.860. The van der Waals surface area contributed by atoms with Gasteiger partial charge in [0.15, 0.2) is 0 Å². The van der Waals surface area contributed by atoms with Crippen LogP contribution in [0, 0.1) is 0 Å². The van der Waals surface area contributed by atoms with Crippen molar-refractivity contribution in [3.8, 4) is 0 Å². The molecule has 0 aromatic heterocycles. The van der Waals surface area contributed by atoms with E-state index in [9.17, 15) is 9.59 Å². The highest BCUT2D eigenvalue weighted by atomic mass is 16.3. The zero-order chi connectivity index (χ0) is 10.6. The van der Waals surface area contributed by atoms with Crippen molar-refractivity contribution < 1.29 is 14.7 Å². The summed E-state index contributed by atoms with van der Waals surface area (Å²) in [6.45, 7) is 3.04. The zero-order valence-electron chi connectivity index (χ0n) is 8.40. The molecule has 80 valence electrons. The highest BCUT2D eigenvalue weighted by molar-refractivity contribution is 5.92. The molecule has 0 saturated carbocycles. The molecule has 1 N–H and O–H groups in total. The Morgan fingerprint density at radius 3 is 2.07 bits per heavy atom. The van der Waals surface area contributed by atoms with Gasteiger partial charge >= 0.3 is 0 Å². The number of hydrogen-bond acceptors (Lipinski definition) is 3. The second-order valence-electron chi connectivity index (χ2n) is 3.35. The van der Waals surface area contributed by atoms with E-state index in [4.69, 9.17) is 5.11 Å². The van der Waals surface area contributed by atoms with Gasteiger partial charge in [-0.15, -0.1) is 0 Å². The molecule has 0 bridgehead atoms. The molecule has 5 nitrogen and oxygen atoms in total. The number of amides is 2. The van der Waals surface area contributed by atoms with Gasteiger partial charge in [-0.25, -0.2) is 0 Å². The summed E-state index contributed by atoms with van der Waals surface area (Å²) in [5, 5.41) is 8.67. The Morgan fingerprint density at radius 2 is 1.64 bits per heavy atom. The Morgan fingerprint density at radius 1 is 1.14 bits per heavy atom. The summed E-state index contributed by atoms with van der Waals surface area (Å²) in [4.78, 5) is 25.9. The normalized spacial score (nSPS) is 17.9. The van der Waals surface area contributed by atoms with Gasteiger partial charge in [-0.2, -0.15) is 0 Å². The number of carbonyl (C=O) groups is 2. The number of nitrogens with zero attached hydrogens (tertiary/aromatic N) is 2. The van der Waals surface area contributed by atoms with Crippen molar-refractivity contribution in [2.24, 2.45) is 0 Å². The van der Waals surface area contributed by atoms with Gasteiger partial charge in [0, 0.05) is 13.1 Å². The van der Waals surface area contributed by atoms with E-state index < -0.39 is 0 Å². The topological polar surface area (TPSA) is 60.9 Å². The first kappa shape index (κ1) is 11.0. The first-order chi connectivity index (χ1) is 6.69.